The van der Waals surface area contributed by atoms with Crippen LogP contribution in [-0.2, 0) is 14.6 Å². The highest BCUT2D eigenvalue weighted by Gasteiger charge is 2.38. The van der Waals surface area contributed by atoms with Crippen molar-refractivity contribution in [2.45, 2.75) is 45.7 Å². The maximum absolute atomic E-state index is 11.7. The number of hydrogen-bond donors (Lipinski definition) is 2. The Morgan fingerprint density at radius 2 is 1.94 bits per heavy atom. The van der Waals surface area contributed by atoms with Crippen molar-refractivity contribution in [3.8, 4) is 0 Å². The molecular formula is C12H24N2O3S. The average molecular weight is 276 g/mol. The predicted octanol–water partition coefficient (Wildman–Crippen LogP) is 0.314. The lowest BCUT2D eigenvalue weighted by Gasteiger charge is -2.24. The van der Waals surface area contributed by atoms with Gasteiger partial charge in [-0.1, -0.05) is 13.8 Å². The lowest BCUT2D eigenvalue weighted by Crippen LogP contribution is -2.49. The molecule has 1 aliphatic heterocycles. The fourth-order valence-electron chi connectivity index (χ4n) is 1.92. The van der Waals surface area contributed by atoms with E-state index in [0.29, 0.717) is 12.3 Å². The van der Waals surface area contributed by atoms with E-state index in [9.17, 15) is 13.2 Å². The molecule has 0 saturated carbocycles. The molecule has 5 nitrogen and oxygen atoms in total. The van der Waals surface area contributed by atoms with Crippen molar-refractivity contribution in [3.63, 3.8) is 0 Å². The summed E-state index contributed by atoms with van der Waals surface area (Å²) >= 11 is 0. The summed E-state index contributed by atoms with van der Waals surface area (Å²) in [6.07, 6.45) is 0.572. The van der Waals surface area contributed by atoms with Crippen LogP contribution in [0.3, 0.4) is 0 Å². The molecule has 1 saturated heterocycles. The first kappa shape index (κ1) is 15.4. The van der Waals surface area contributed by atoms with Crippen molar-refractivity contribution in [2.75, 3.05) is 18.1 Å². The van der Waals surface area contributed by atoms with Gasteiger partial charge in [-0.05, 0) is 26.2 Å². The van der Waals surface area contributed by atoms with Crippen molar-refractivity contribution >= 4 is 15.7 Å². The first-order chi connectivity index (χ1) is 8.14. The molecular weight excluding hydrogens is 252 g/mol. The zero-order valence-corrected chi connectivity index (χ0v) is 12.4. The zero-order valence-electron chi connectivity index (χ0n) is 11.6. The predicted molar refractivity (Wildman–Crippen MR) is 72.1 cm³/mol. The van der Waals surface area contributed by atoms with Crippen LogP contribution in [0.15, 0.2) is 0 Å². The minimum Gasteiger partial charge on any atom is -0.352 e. The van der Waals surface area contributed by atoms with Crippen molar-refractivity contribution in [2.24, 2.45) is 5.92 Å². The minimum atomic E-state index is -2.93. The van der Waals surface area contributed by atoms with E-state index in [1.807, 2.05) is 27.7 Å². The van der Waals surface area contributed by atoms with E-state index in [1.165, 1.54) is 0 Å². The SMILES string of the molecule is CC(C)C(C)NC(=O)CNC1(C)CCS(=O)(=O)C1. The second-order valence-electron chi connectivity index (χ2n) is 5.86. The van der Waals surface area contributed by atoms with E-state index in [2.05, 4.69) is 10.6 Å². The summed E-state index contributed by atoms with van der Waals surface area (Å²) in [5.74, 6) is 0.631. The molecule has 0 spiro atoms. The largest absolute Gasteiger partial charge is 0.352 e. The number of amides is 1. The van der Waals surface area contributed by atoms with Gasteiger partial charge in [-0.2, -0.15) is 0 Å². The molecule has 0 aromatic rings. The van der Waals surface area contributed by atoms with Crippen molar-refractivity contribution in [1.29, 1.82) is 0 Å². The second kappa shape index (κ2) is 5.57. The van der Waals surface area contributed by atoms with Gasteiger partial charge < -0.3 is 10.6 Å². The summed E-state index contributed by atoms with van der Waals surface area (Å²) in [6.45, 7) is 8.08. The first-order valence-corrected chi connectivity index (χ1v) is 8.20. The van der Waals surface area contributed by atoms with Gasteiger partial charge in [0.2, 0.25) is 5.91 Å². The van der Waals surface area contributed by atoms with Crippen LogP contribution in [0, 0.1) is 5.92 Å². The molecule has 6 heteroatoms. The van der Waals surface area contributed by atoms with Gasteiger partial charge in [0.15, 0.2) is 9.84 Å². The highest BCUT2D eigenvalue weighted by Crippen LogP contribution is 2.22. The van der Waals surface area contributed by atoms with Crippen LogP contribution in [0.5, 0.6) is 0 Å². The van der Waals surface area contributed by atoms with Gasteiger partial charge in [0.25, 0.3) is 0 Å². The molecule has 2 atom stereocenters. The molecule has 18 heavy (non-hydrogen) atoms. The van der Waals surface area contributed by atoms with E-state index in [1.54, 1.807) is 0 Å². The third-order valence-electron chi connectivity index (χ3n) is 3.57. The van der Waals surface area contributed by atoms with E-state index < -0.39 is 15.4 Å². The minimum absolute atomic E-state index is 0.0817. The average Bonchev–Trinajstić information content (AvgIpc) is 2.51. The summed E-state index contributed by atoms with van der Waals surface area (Å²) in [5, 5.41) is 5.96. The molecule has 0 radical (unpaired) electrons. The molecule has 106 valence electrons. The Morgan fingerprint density at radius 1 is 1.33 bits per heavy atom. The van der Waals surface area contributed by atoms with Crippen molar-refractivity contribution < 1.29 is 13.2 Å². The van der Waals surface area contributed by atoms with Gasteiger partial charge in [-0.3, -0.25) is 4.79 Å². The Balaban J connectivity index is 2.40. The Bertz CT molecular complexity index is 406. The van der Waals surface area contributed by atoms with Crippen LogP contribution in [0.2, 0.25) is 0 Å². The van der Waals surface area contributed by atoms with Gasteiger partial charge >= 0.3 is 0 Å². The molecule has 0 bridgehead atoms. The quantitative estimate of drug-likeness (QED) is 0.758. The summed E-state index contributed by atoms with van der Waals surface area (Å²) in [5.41, 5.74) is -0.461. The third kappa shape index (κ3) is 4.57. The maximum Gasteiger partial charge on any atom is 0.234 e. The molecule has 2 unspecified atom stereocenters. The highest BCUT2D eigenvalue weighted by atomic mass is 32.2. The topological polar surface area (TPSA) is 75.3 Å². The summed E-state index contributed by atoms with van der Waals surface area (Å²) < 4.78 is 22.8. The Hall–Kier alpha value is -0.620. The molecule has 1 amide bonds. The molecule has 0 aromatic carbocycles. The lowest BCUT2D eigenvalue weighted by molar-refractivity contribution is -0.121. The molecule has 0 aromatic heterocycles. The number of sulfone groups is 1. The number of carbonyl (C=O) groups excluding carboxylic acids is 1. The maximum atomic E-state index is 11.7. The third-order valence-corrected chi connectivity index (χ3v) is 5.47. The zero-order chi connectivity index (χ0) is 14.0. The van der Waals surface area contributed by atoms with Crippen molar-refractivity contribution in [3.05, 3.63) is 0 Å². The smallest absolute Gasteiger partial charge is 0.234 e. The Morgan fingerprint density at radius 3 is 2.39 bits per heavy atom. The monoisotopic (exact) mass is 276 g/mol. The lowest BCUT2D eigenvalue weighted by atomic mass is 10.0. The first-order valence-electron chi connectivity index (χ1n) is 6.38. The fourth-order valence-corrected chi connectivity index (χ4v) is 4.04. The molecule has 1 aliphatic rings. The number of hydrogen-bond acceptors (Lipinski definition) is 4. The van der Waals surface area contributed by atoms with Crippen LogP contribution in [0.25, 0.3) is 0 Å². The molecule has 2 N–H and O–H groups in total. The van der Waals surface area contributed by atoms with Crippen LogP contribution >= 0.6 is 0 Å². The van der Waals surface area contributed by atoms with E-state index in [0.717, 1.165) is 0 Å². The van der Waals surface area contributed by atoms with E-state index in [-0.39, 0.29) is 30.0 Å². The molecule has 1 rings (SSSR count). The fraction of sp³-hybridized carbons (Fsp3) is 0.917. The van der Waals surface area contributed by atoms with Gasteiger partial charge in [-0.15, -0.1) is 0 Å². The van der Waals surface area contributed by atoms with E-state index >= 15 is 0 Å². The van der Waals surface area contributed by atoms with Crippen LogP contribution in [0.4, 0.5) is 0 Å². The van der Waals surface area contributed by atoms with Gasteiger partial charge in [-0.25, -0.2) is 8.42 Å². The van der Waals surface area contributed by atoms with Gasteiger partial charge in [0.1, 0.15) is 0 Å². The summed E-state index contributed by atoms with van der Waals surface area (Å²) in [7, 11) is -2.93. The second-order valence-corrected chi connectivity index (χ2v) is 8.04. The Kier molecular flexibility index (Phi) is 4.78. The van der Waals surface area contributed by atoms with Gasteiger partial charge in [0, 0.05) is 11.6 Å². The van der Waals surface area contributed by atoms with Crippen LogP contribution in [-0.4, -0.2) is 44.0 Å². The van der Waals surface area contributed by atoms with Crippen LogP contribution in [0.1, 0.15) is 34.1 Å². The standard InChI is InChI=1S/C12H24N2O3S/c1-9(2)10(3)14-11(15)7-13-12(4)5-6-18(16,17)8-12/h9-10,13H,5-8H2,1-4H3,(H,14,15). The number of nitrogens with one attached hydrogen (secondary N) is 2. The summed E-state index contributed by atoms with van der Waals surface area (Å²) in [6, 6.07) is 0.124. The normalized spacial score (nSPS) is 28.3. The number of carbonyl (C=O) groups is 1. The molecule has 1 fully saturated rings. The highest BCUT2D eigenvalue weighted by molar-refractivity contribution is 7.91. The van der Waals surface area contributed by atoms with E-state index in [4.69, 9.17) is 0 Å². The Labute approximate surface area is 110 Å². The van der Waals surface area contributed by atoms with Crippen molar-refractivity contribution in [1.82, 2.24) is 10.6 Å². The van der Waals surface area contributed by atoms with Crippen LogP contribution < -0.4 is 10.6 Å². The summed E-state index contributed by atoms with van der Waals surface area (Å²) in [4.78, 5) is 11.7. The van der Waals surface area contributed by atoms with Gasteiger partial charge in [0.05, 0.1) is 18.1 Å². The molecule has 0 aliphatic carbocycles. The molecule has 1 heterocycles. The number of rotatable bonds is 5.